The molecule has 0 bridgehead atoms. The van der Waals surface area contributed by atoms with Gasteiger partial charge in [-0.1, -0.05) is 49.7 Å². The Hall–Kier alpha value is -3.98. The Morgan fingerprint density at radius 3 is 2.68 bits per heavy atom. The lowest BCUT2D eigenvalue weighted by Gasteiger charge is -2.08. The number of thiophene rings is 1. The molecule has 0 saturated carbocycles. The van der Waals surface area contributed by atoms with Crippen LogP contribution in [-0.2, 0) is 13.0 Å². The summed E-state index contributed by atoms with van der Waals surface area (Å²) in [6.07, 6.45) is 8.79. The van der Waals surface area contributed by atoms with E-state index in [-0.39, 0.29) is 0 Å². The molecule has 0 atom stereocenters. The van der Waals surface area contributed by atoms with Crippen LogP contribution in [0.2, 0.25) is 0 Å². The summed E-state index contributed by atoms with van der Waals surface area (Å²) in [5.74, 6) is 2.30. The van der Waals surface area contributed by atoms with Crippen molar-refractivity contribution in [2.45, 2.75) is 32.7 Å². The number of unbranched alkanes of at least 4 members (excludes halogenated alkanes) is 1. The van der Waals surface area contributed by atoms with E-state index in [9.17, 15) is 0 Å². The van der Waals surface area contributed by atoms with E-state index in [4.69, 9.17) is 15.1 Å². The molecule has 0 unspecified atom stereocenters. The standard InChI is InChI=1S/C25H24N8S/c1-2-3-14-33-24(27-23(30-33)13-11-19-7-6-15-34-19)16-18-10-12-22(26-17-18)20-8-4-5-9-21(20)25-28-31-32-29-25/h4-13,15,17H,2-3,14,16H2,1H3,(H,28,29,31,32)/b13-11+. The zero-order valence-corrected chi connectivity index (χ0v) is 19.6. The molecule has 8 nitrogen and oxygen atoms in total. The van der Waals surface area contributed by atoms with E-state index >= 15 is 0 Å². The largest absolute Gasteiger partial charge is 0.256 e. The zero-order chi connectivity index (χ0) is 23.2. The summed E-state index contributed by atoms with van der Waals surface area (Å²) in [4.78, 5) is 10.7. The molecule has 0 aliphatic carbocycles. The van der Waals surface area contributed by atoms with Crippen molar-refractivity contribution in [1.82, 2.24) is 40.4 Å². The van der Waals surface area contributed by atoms with Crippen LogP contribution in [0.25, 0.3) is 34.8 Å². The molecule has 0 radical (unpaired) electrons. The van der Waals surface area contributed by atoms with E-state index in [0.29, 0.717) is 12.2 Å². The second-order valence-electron chi connectivity index (χ2n) is 7.84. The number of pyridine rings is 1. The fourth-order valence-electron chi connectivity index (χ4n) is 3.68. The zero-order valence-electron chi connectivity index (χ0n) is 18.8. The number of hydrogen-bond donors (Lipinski definition) is 1. The topological polar surface area (TPSA) is 98.1 Å². The maximum Gasteiger partial charge on any atom is 0.180 e. The van der Waals surface area contributed by atoms with E-state index in [1.807, 2.05) is 53.4 Å². The van der Waals surface area contributed by atoms with Crippen molar-refractivity contribution >= 4 is 23.5 Å². The maximum atomic E-state index is 4.80. The van der Waals surface area contributed by atoms with Crippen molar-refractivity contribution in [1.29, 1.82) is 0 Å². The summed E-state index contributed by atoms with van der Waals surface area (Å²) in [6.45, 7) is 3.04. The van der Waals surface area contributed by atoms with Gasteiger partial charge in [-0.2, -0.15) is 5.10 Å². The van der Waals surface area contributed by atoms with Gasteiger partial charge in [0.15, 0.2) is 11.6 Å². The first-order chi connectivity index (χ1) is 16.8. The van der Waals surface area contributed by atoms with Crippen molar-refractivity contribution in [3.05, 3.63) is 82.2 Å². The third-order valence-electron chi connectivity index (χ3n) is 5.42. The first-order valence-electron chi connectivity index (χ1n) is 11.2. The van der Waals surface area contributed by atoms with Crippen LogP contribution in [-0.4, -0.2) is 40.4 Å². The van der Waals surface area contributed by atoms with Crippen LogP contribution in [0, 0.1) is 0 Å². The highest BCUT2D eigenvalue weighted by molar-refractivity contribution is 7.10. The SMILES string of the molecule is CCCCn1nc(/C=C/c2cccs2)nc1Cc1ccc(-c2ccccc2-c2nnn[nH]2)nc1. The van der Waals surface area contributed by atoms with Crippen LogP contribution < -0.4 is 0 Å². The Balaban J connectivity index is 1.38. The van der Waals surface area contributed by atoms with E-state index < -0.39 is 0 Å². The summed E-state index contributed by atoms with van der Waals surface area (Å²) in [5, 5.41) is 21.1. The normalized spacial score (nSPS) is 11.4. The van der Waals surface area contributed by atoms with Crippen LogP contribution in [0.1, 0.15) is 41.9 Å². The maximum absolute atomic E-state index is 4.80. The quantitative estimate of drug-likeness (QED) is 0.321. The number of tetrazole rings is 1. The van der Waals surface area contributed by atoms with Gasteiger partial charge in [-0.15, -0.1) is 16.4 Å². The van der Waals surface area contributed by atoms with Crippen LogP contribution in [0.4, 0.5) is 0 Å². The van der Waals surface area contributed by atoms with Gasteiger partial charge in [-0.25, -0.2) is 14.8 Å². The van der Waals surface area contributed by atoms with Crippen molar-refractivity contribution in [3.63, 3.8) is 0 Å². The Morgan fingerprint density at radius 2 is 1.94 bits per heavy atom. The summed E-state index contributed by atoms with van der Waals surface area (Å²) < 4.78 is 2.03. The van der Waals surface area contributed by atoms with Gasteiger partial charge in [-0.05, 0) is 52.1 Å². The van der Waals surface area contributed by atoms with Crippen LogP contribution in [0.15, 0.2) is 60.1 Å². The van der Waals surface area contributed by atoms with Gasteiger partial charge in [0.2, 0.25) is 0 Å². The molecule has 1 aromatic carbocycles. The monoisotopic (exact) mass is 468 g/mol. The fraction of sp³-hybridized carbons (Fsp3) is 0.200. The number of rotatable bonds is 9. The third kappa shape index (κ3) is 4.99. The molecule has 0 aliphatic rings. The number of nitrogens with zero attached hydrogens (tertiary/aromatic N) is 7. The first-order valence-corrected chi connectivity index (χ1v) is 12.1. The Labute approximate surface area is 201 Å². The number of aryl methyl sites for hydroxylation is 1. The molecule has 0 aliphatic heterocycles. The molecule has 34 heavy (non-hydrogen) atoms. The summed E-state index contributed by atoms with van der Waals surface area (Å²) >= 11 is 1.70. The van der Waals surface area contributed by atoms with Gasteiger partial charge in [0, 0.05) is 35.2 Å². The minimum absolute atomic E-state index is 0.619. The molecule has 0 amide bonds. The average Bonchev–Trinajstić information content (AvgIpc) is 3.65. The molecule has 1 N–H and O–H groups in total. The van der Waals surface area contributed by atoms with Crippen LogP contribution >= 0.6 is 11.3 Å². The number of benzene rings is 1. The number of aromatic nitrogens is 8. The van der Waals surface area contributed by atoms with Crippen molar-refractivity contribution in [2.24, 2.45) is 0 Å². The Bertz CT molecular complexity index is 1350. The number of H-pyrrole nitrogens is 1. The Kier molecular flexibility index (Phi) is 6.62. The van der Waals surface area contributed by atoms with Crippen LogP contribution in [0.3, 0.4) is 0 Å². The molecule has 0 fully saturated rings. The minimum Gasteiger partial charge on any atom is -0.256 e. The number of aromatic amines is 1. The molecule has 0 spiro atoms. The fourth-order valence-corrected chi connectivity index (χ4v) is 4.30. The van der Waals surface area contributed by atoms with E-state index in [1.54, 1.807) is 11.3 Å². The molecule has 4 aromatic heterocycles. The second kappa shape index (κ2) is 10.3. The summed E-state index contributed by atoms with van der Waals surface area (Å²) in [5.41, 5.74) is 3.83. The van der Waals surface area contributed by atoms with E-state index in [0.717, 1.165) is 53.4 Å². The molecular weight excluding hydrogens is 444 g/mol. The molecule has 0 saturated heterocycles. The van der Waals surface area contributed by atoms with E-state index in [2.05, 4.69) is 51.1 Å². The smallest absolute Gasteiger partial charge is 0.180 e. The van der Waals surface area contributed by atoms with Gasteiger partial charge < -0.3 is 0 Å². The highest BCUT2D eigenvalue weighted by Crippen LogP contribution is 2.28. The predicted octanol–water partition coefficient (Wildman–Crippen LogP) is 5.14. The highest BCUT2D eigenvalue weighted by atomic mass is 32.1. The molecule has 4 heterocycles. The van der Waals surface area contributed by atoms with Crippen LogP contribution in [0.5, 0.6) is 0 Å². The molecular formula is C25H24N8S. The number of nitrogens with one attached hydrogen (secondary N) is 1. The van der Waals surface area contributed by atoms with E-state index in [1.165, 1.54) is 4.88 Å². The predicted molar refractivity (Wildman–Crippen MR) is 134 cm³/mol. The molecule has 9 heteroatoms. The lowest BCUT2D eigenvalue weighted by atomic mass is 10.0. The molecule has 5 rings (SSSR count). The average molecular weight is 469 g/mol. The van der Waals surface area contributed by atoms with Gasteiger partial charge in [0.1, 0.15) is 5.82 Å². The second-order valence-corrected chi connectivity index (χ2v) is 8.81. The first kappa shape index (κ1) is 21.8. The van der Waals surface area contributed by atoms with Gasteiger partial charge >= 0.3 is 0 Å². The lowest BCUT2D eigenvalue weighted by Crippen LogP contribution is -2.06. The van der Waals surface area contributed by atoms with Gasteiger partial charge in [-0.3, -0.25) is 4.98 Å². The van der Waals surface area contributed by atoms with Crippen molar-refractivity contribution < 1.29 is 0 Å². The molecule has 5 aromatic rings. The summed E-state index contributed by atoms with van der Waals surface area (Å²) in [6, 6.07) is 16.2. The summed E-state index contributed by atoms with van der Waals surface area (Å²) in [7, 11) is 0. The third-order valence-corrected chi connectivity index (χ3v) is 6.26. The van der Waals surface area contributed by atoms with Crippen molar-refractivity contribution in [2.75, 3.05) is 0 Å². The van der Waals surface area contributed by atoms with Gasteiger partial charge in [0.25, 0.3) is 0 Å². The highest BCUT2D eigenvalue weighted by Gasteiger charge is 2.13. The number of hydrogen-bond acceptors (Lipinski definition) is 7. The Morgan fingerprint density at radius 1 is 1.03 bits per heavy atom. The van der Waals surface area contributed by atoms with Crippen molar-refractivity contribution in [3.8, 4) is 22.6 Å². The van der Waals surface area contributed by atoms with Gasteiger partial charge in [0.05, 0.1) is 5.69 Å². The molecule has 170 valence electrons. The minimum atomic E-state index is 0.619. The lowest BCUT2D eigenvalue weighted by molar-refractivity contribution is 0.549.